The molecule has 1 heterocycles. The SMILES string of the molecule is OCC1(Nc2nc(Cl)nnc2Cl)CCCCC1. The van der Waals surface area contributed by atoms with Crippen LogP contribution >= 0.6 is 23.2 Å². The van der Waals surface area contributed by atoms with Crippen molar-refractivity contribution >= 4 is 29.0 Å². The van der Waals surface area contributed by atoms with Crippen LogP contribution in [0.5, 0.6) is 0 Å². The molecule has 0 spiro atoms. The van der Waals surface area contributed by atoms with Crippen molar-refractivity contribution in [2.75, 3.05) is 11.9 Å². The fourth-order valence-corrected chi connectivity index (χ4v) is 2.42. The molecule has 17 heavy (non-hydrogen) atoms. The Morgan fingerprint density at radius 3 is 2.53 bits per heavy atom. The van der Waals surface area contributed by atoms with Crippen molar-refractivity contribution < 1.29 is 5.11 Å². The summed E-state index contributed by atoms with van der Waals surface area (Å²) >= 11 is 11.6. The molecule has 0 atom stereocenters. The van der Waals surface area contributed by atoms with Gasteiger partial charge in [0.2, 0.25) is 5.28 Å². The van der Waals surface area contributed by atoms with Crippen LogP contribution in [0.4, 0.5) is 5.82 Å². The Bertz CT molecular complexity index is 396. The molecule has 94 valence electrons. The van der Waals surface area contributed by atoms with E-state index < -0.39 is 0 Å². The molecule has 0 radical (unpaired) electrons. The summed E-state index contributed by atoms with van der Waals surface area (Å²) in [5.74, 6) is 0.391. The predicted octanol–water partition coefficient (Wildman–Crippen LogP) is 2.29. The maximum absolute atomic E-state index is 9.56. The van der Waals surface area contributed by atoms with Gasteiger partial charge in [-0.1, -0.05) is 30.9 Å². The summed E-state index contributed by atoms with van der Waals surface area (Å²) in [5.41, 5.74) is -0.360. The molecule has 2 N–H and O–H groups in total. The van der Waals surface area contributed by atoms with Gasteiger partial charge in [0.15, 0.2) is 11.0 Å². The van der Waals surface area contributed by atoms with Gasteiger partial charge in [-0.3, -0.25) is 0 Å². The summed E-state index contributed by atoms with van der Waals surface area (Å²) in [4.78, 5) is 4.00. The Balaban J connectivity index is 2.20. The summed E-state index contributed by atoms with van der Waals surface area (Å²) in [6, 6.07) is 0. The smallest absolute Gasteiger partial charge is 0.245 e. The number of rotatable bonds is 3. The number of aliphatic hydroxyl groups excluding tert-OH is 1. The van der Waals surface area contributed by atoms with Gasteiger partial charge < -0.3 is 10.4 Å². The topological polar surface area (TPSA) is 70.9 Å². The Morgan fingerprint density at radius 2 is 1.88 bits per heavy atom. The van der Waals surface area contributed by atoms with Gasteiger partial charge in [-0.25, -0.2) is 0 Å². The van der Waals surface area contributed by atoms with Crippen LogP contribution < -0.4 is 5.32 Å². The van der Waals surface area contributed by atoms with Crippen LogP contribution in [0.2, 0.25) is 10.4 Å². The van der Waals surface area contributed by atoms with Crippen molar-refractivity contribution in [3.63, 3.8) is 0 Å². The number of nitrogens with zero attached hydrogens (tertiary/aromatic N) is 3. The van der Waals surface area contributed by atoms with E-state index in [2.05, 4.69) is 20.5 Å². The van der Waals surface area contributed by atoms with Crippen LogP contribution in [0.1, 0.15) is 32.1 Å². The highest BCUT2D eigenvalue weighted by Crippen LogP contribution is 2.32. The maximum Gasteiger partial charge on any atom is 0.245 e. The molecular weight excluding hydrogens is 263 g/mol. The first-order chi connectivity index (χ1) is 8.15. The third-order valence-electron chi connectivity index (χ3n) is 3.12. The number of aromatic nitrogens is 3. The molecule has 0 bridgehead atoms. The molecular formula is C10H14Cl2N4O. The normalized spacial score (nSPS) is 19.0. The number of halogens is 2. The minimum Gasteiger partial charge on any atom is -0.394 e. The van der Waals surface area contributed by atoms with Crippen LogP contribution in [0.3, 0.4) is 0 Å². The first kappa shape index (κ1) is 12.8. The molecule has 0 saturated heterocycles. The Hall–Kier alpha value is -0.650. The molecule has 0 aromatic carbocycles. The summed E-state index contributed by atoms with van der Waals surface area (Å²) < 4.78 is 0. The lowest BCUT2D eigenvalue weighted by Crippen LogP contribution is -2.44. The molecule has 1 saturated carbocycles. The molecule has 1 aliphatic carbocycles. The molecule has 1 aliphatic rings. The van der Waals surface area contributed by atoms with Gasteiger partial charge in [0.1, 0.15) is 0 Å². The van der Waals surface area contributed by atoms with Gasteiger partial charge in [-0.15, -0.1) is 10.2 Å². The van der Waals surface area contributed by atoms with E-state index in [0.29, 0.717) is 5.82 Å². The molecule has 2 rings (SSSR count). The van der Waals surface area contributed by atoms with Crippen molar-refractivity contribution in [2.24, 2.45) is 0 Å². The summed E-state index contributed by atoms with van der Waals surface area (Å²) in [7, 11) is 0. The lowest BCUT2D eigenvalue weighted by Gasteiger charge is -2.36. The third kappa shape index (κ3) is 2.97. The number of aliphatic hydroxyl groups is 1. The molecule has 0 unspecified atom stereocenters. The molecule has 1 fully saturated rings. The highest BCUT2D eigenvalue weighted by atomic mass is 35.5. The molecule has 1 aromatic heterocycles. The van der Waals surface area contributed by atoms with Crippen LogP contribution in [0, 0.1) is 0 Å². The van der Waals surface area contributed by atoms with Gasteiger partial charge in [-0.2, -0.15) is 4.98 Å². The number of hydrogen-bond acceptors (Lipinski definition) is 5. The monoisotopic (exact) mass is 276 g/mol. The standard InChI is InChI=1S/C10H14Cl2N4O/c11-7-8(13-9(12)16-15-7)14-10(6-17)4-2-1-3-5-10/h17H,1-6H2,(H,13,14,16). The highest BCUT2D eigenvalue weighted by Gasteiger charge is 2.32. The summed E-state index contributed by atoms with van der Waals surface area (Å²) in [5, 5.41) is 20.2. The average Bonchev–Trinajstić information content (AvgIpc) is 2.35. The second-order valence-electron chi connectivity index (χ2n) is 4.34. The molecule has 1 aromatic rings. The second-order valence-corrected chi connectivity index (χ2v) is 5.04. The van der Waals surface area contributed by atoms with Gasteiger partial charge in [0, 0.05) is 0 Å². The van der Waals surface area contributed by atoms with Crippen LogP contribution in [-0.4, -0.2) is 32.4 Å². The zero-order valence-corrected chi connectivity index (χ0v) is 10.8. The van der Waals surface area contributed by atoms with Gasteiger partial charge in [0.05, 0.1) is 12.1 Å². The van der Waals surface area contributed by atoms with E-state index >= 15 is 0 Å². The van der Waals surface area contributed by atoms with E-state index in [4.69, 9.17) is 23.2 Å². The molecule has 7 heteroatoms. The van der Waals surface area contributed by atoms with Crippen molar-refractivity contribution in [1.29, 1.82) is 0 Å². The first-order valence-corrected chi connectivity index (χ1v) is 6.36. The second kappa shape index (κ2) is 5.33. The fraction of sp³-hybridized carbons (Fsp3) is 0.700. The fourth-order valence-electron chi connectivity index (χ4n) is 2.18. The zero-order valence-electron chi connectivity index (χ0n) is 9.29. The first-order valence-electron chi connectivity index (χ1n) is 5.60. The quantitative estimate of drug-likeness (QED) is 0.887. The third-order valence-corrected chi connectivity index (χ3v) is 3.53. The van der Waals surface area contributed by atoms with Crippen LogP contribution in [0.15, 0.2) is 0 Å². The Morgan fingerprint density at radius 1 is 1.18 bits per heavy atom. The van der Waals surface area contributed by atoms with Crippen molar-refractivity contribution in [3.05, 3.63) is 10.4 Å². The lowest BCUT2D eigenvalue weighted by atomic mass is 9.82. The molecule has 5 nitrogen and oxygen atoms in total. The molecule has 0 aliphatic heterocycles. The number of nitrogens with one attached hydrogen (secondary N) is 1. The largest absolute Gasteiger partial charge is 0.394 e. The Labute approximate surface area is 110 Å². The zero-order chi connectivity index (χ0) is 12.3. The van der Waals surface area contributed by atoms with E-state index in [1.807, 2.05) is 0 Å². The van der Waals surface area contributed by atoms with Gasteiger partial charge in [-0.05, 0) is 24.4 Å². The summed E-state index contributed by atoms with van der Waals surface area (Å²) in [6.45, 7) is 0.0466. The average molecular weight is 277 g/mol. The highest BCUT2D eigenvalue weighted by molar-refractivity contribution is 6.32. The minimum atomic E-state index is -0.360. The van der Waals surface area contributed by atoms with Crippen molar-refractivity contribution in [3.8, 4) is 0 Å². The Kier molecular flexibility index (Phi) is 4.01. The van der Waals surface area contributed by atoms with E-state index in [1.54, 1.807) is 0 Å². The minimum absolute atomic E-state index is 0.0424. The molecule has 0 amide bonds. The van der Waals surface area contributed by atoms with Crippen LogP contribution in [-0.2, 0) is 0 Å². The number of anilines is 1. The van der Waals surface area contributed by atoms with E-state index in [1.165, 1.54) is 6.42 Å². The predicted molar refractivity (Wildman–Crippen MR) is 66.4 cm³/mol. The van der Waals surface area contributed by atoms with Crippen molar-refractivity contribution in [2.45, 2.75) is 37.6 Å². The maximum atomic E-state index is 9.56. The lowest BCUT2D eigenvalue weighted by molar-refractivity contribution is 0.172. The van der Waals surface area contributed by atoms with Gasteiger partial charge in [0.25, 0.3) is 0 Å². The van der Waals surface area contributed by atoms with E-state index in [0.717, 1.165) is 25.7 Å². The van der Waals surface area contributed by atoms with Gasteiger partial charge >= 0.3 is 0 Å². The van der Waals surface area contributed by atoms with E-state index in [-0.39, 0.29) is 22.6 Å². The van der Waals surface area contributed by atoms with Crippen LogP contribution in [0.25, 0.3) is 0 Å². The number of hydrogen-bond donors (Lipinski definition) is 2. The van der Waals surface area contributed by atoms with E-state index in [9.17, 15) is 5.11 Å². The van der Waals surface area contributed by atoms with Crippen molar-refractivity contribution in [1.82, 2.24) is 15.2 Å². The summed E-state index contributed by atoms with van der Waals surface area (Å²) in [6.07, 6.45) is 5.14.